The first-order chi connectivity index (χ1) is 27.9. The first-order valence-electron chi connectivity index (χ1n) is 17.4. The Hall–Kier alpha value is -3.12. The number of hydrogen-bond donors (Lipinski definition) is 0. The van der Waals surface area contributed by atoms with Gasteiger partial charge in [0.05, 0.1) is 0 Å². The van der Waals surface area contributed by atoms with Gasteiger partial charge in [-0.15, -0.1) is 49.2 Å². The van der Waals surface area contributed by atoms with Gasteiger partial charge < -0.3 is 0 Å². The second kappa shape index (κ2) is 15.3. The average Bonchev–Trinajstić information content (AvgIpc) is 3.21. The molecule has 0 amide bonds. The maximum absolute atomic E-state index is 7.02. The van der Waals surface area contributed by atoms with Crippen LogP contribution in [0, 0.1) is 0 Å². The van der Waals surface area contributed by atoms with Crippen LogP contribution in [0.1, 0.15) is 0 Å². The first kappa shape index (κ1) is 44.9. The first-order valence-corrected chi connectivity index (χ1v) is 17.4. The molecule has 7 aromatic carbocycles. The molecule has 7 aromatic rings. The molecule has 0 unspecified atom stereocenters. The maximum Gasteiger partial charge on any atom is 0.115 e. The molecule has 0 spiro atoms. The molecular formula is C36B24. The Labute approximate surface area is 382 Å². The minimum atomic E-state index is -0.216. The zero-order chi connectivity index (χ0) is 44.8. The van der Waals surface area contributed by atoms with Crippen molar-refractivity contribution in [3.05, 3.63) is 0 Å². The summed E-state index contributed by atoms with van der Waals surface area (Å²) in [6.45, 7) is 0. The highest BCUT2D eigenvalue weighted by atomic mass is 14.3. The van der Waals surface area contributed by atoms with Crippen molar-refractivity contribution >= 4 is 352 Å². The van der Waals surface area contributed by atoms with E-state index in [2.05, 4.69) is 0 Å². The molecule has 0 bridgehead atoms. The van der Waals surface area contributed by atoms with E-state index >= 15 is 0 Å². The van der Waals surface area contributed by atoms with Crippen molar-refractivity contribution in [2.24, 2.45) is 0 Å². The van der Waals surface area contributed by atoms with E-state index in [0.29, 0.717) is 0 Å². The number of fused-ring (bicyclic) bond motifs is 3. The third-order valence-electron chi connectivity index (χ3n) is 11.5. The predicted molar refractivity (Wildman–Crippen MR) is 285 cm³/mol. The van der Waals surface area contributed by atoms with E-state index in [1.165, 1.54) is 0 Å². The van der Waals surface area contributed by atoms with Crippen LogP contribution in [0.4, 0.5) is 0 Å². The zero-order valence-corrected chi connectivity index (χ0v) is 31.9. The molecular weight excluding hydrogens is 692 g/mol. The van der Waals surface area contributed by atoms with Gasteiger partial charge in [-0.2, -0.15) is 0 Å². The molecule has 0 heterocycles. The van der Waals surface area contributed by atoms with E-state index in [1.807, 2.05) is 0 Å². The topological polar surface area (TPSA) is 0 Å². The molecule has 0 saturated heterocycles. The van der Waals surface area contributed by atoms with Crippen molar-refractivity contribution < 1.29 is 0 Å². The Morgan fingerprint density at radius 1 is 0.100 bits per heavy atom. The lowest BCUT2D eigenvalue weighted by molar-refractivity contribution is 1.83. The normalized spacial score (nSPS) is 11.6. The summed E-state index contributed by atoms with van der Waals surface area (Å²) in [5, 5.41) is 0.289. The van der Waals surface area contributed by atoms with E-state index in [0.717, 1.165) is 0 Å². The van der Waals surface area contributed by atoms with Crippen LogP contribution in [-0.2, 0) is 0 Å². The second-order valence-electron chi connectivity index (χ2n) is 14.4. The van der Waals surface area contributed by atoms with Crippen molar-refractivity contribution in [2.75, 3.05) is 0 Å². The Balaban J connectivity index is 1.84. The van der Waals surface area contributed by atoms with Crippen molar-refractivity contribution in [3.8, 4) is 33.4 Å². The molecule has 0 aliphatic carbocycles. The van der Waals surface area contributed by atoms with Crippen LogP contribution in [0.3, 0.4) is 0 Å². The highest BCUT2D eigenvalue weighted by Gasteiger charge is 2.29. The summed E-state index contributed by atoms with van der Waals surface area (Å²) in [5.41, 5.74) is -3.24. The van der Waals surface area contributed by atoms with E-state index in [1.54, 1.807) is 0 Å². The molecule has 216 valence electrons. The fraction of sp³-hybridized carbons (Fsp3) is 0. The van der Waals surface area contributed by atoms with Gasteiger partial charge in [0.25, 0.3) is 0 Å². The van der Waals surface area contributed by atoms with Gasteiger partial charge >= 0.3 is 0 Å². The highest BCUT2D eigenvalue weighted by molar-refractivity contribution is 6.77. The predicted octanol–water partition coefficient (Wildman–Crippen LogP) is -18.8. The summed E-state index contributed by atoms with van der Waals surface area (Å²) >= 11 is 0. The zero-order valence-electron chi connectivity index (χ0n) is 31.9. The summed E-state index contributed by atoms with van der Waals surface area (Å²) < 4.78 is 0. The fourth-order valence-corrected chi connectivity index (χ4v) is 8.13. The average molecular weight is 692 g/mol. The van der Waals surface area contributed by atoms with Gasteiger partial charge in [-0.05, 0) is 65.7 Å². The van der Waals surface area contributed by atoms with Crippen LogP contribution in [0.15, 0.2) is 0 Å². The van der Waals surface area contributed by atoms with Gasteiger partial charge in [-0.3, -0.25) is 0 Å². The molecule has 0 aliphatic heterocycles. The molecule has 0 fully saturated rings. The Morgan fingerprint density at radius 2 is 0.233 bits per heavy atom. The van der Waals surface area contributed by atoms with Crippen molar-refractivity contribution in [2.45, 2.75) is 0 Å². The molecule has 0 atom stereocenters. The third-order valence-corrected chi connectivity index (χ3v) is 11.5. The van der Waals surface area contributed by atoms with Gasteiger partial charge in [0.2, 0.25) is 0 Å². The number of hydrogen-bond acceptors (Lipinski definition) is 0. The van der Waals surface area contributed by atoms with Crippen molar-refractivity contribution in [1.82, 2.24) is 0 Å². The largest absolute Gasteiger partial charge is 0.115 e. The third kappa shape index (κ3) is 5.86. The minimum absolute atomic E-state index is 0.00733. The van der Waals surface area contributed by atoms with E-state index in [-0.39, 0.29) is 197 Å². The van der Waals surface area contributed by atoms with Gasteiger partial charge in [-0.1, -0.05) is 81.9 Å². The fourth-order valence-electron chi connectivity index (χ4n) is 8.13. The standard InChI is InChI=1S/C36B24/c37-13-7(18(42)21(45)10-9(13)24(48)32(56)33(57)25(10)49)1-3-5(16(40)30(54)28(52)14(3)38)2(6-4(1)15(39)29(53)31(55)17(6)41)8-19(43)22(46)11(23(47)20(8)44)12-26(50)34(58)36(60)35(59)27(12)51. The lowest BCUT2D eigenvalue weighted by Gasteiger charge is -2.33. The highest BCUT2D eigenvalue weighted by Crippen LogP contribution is 2.39. The van der Waals surface area contributed by atoms with Gasteiger partial charge in [0, 0.05) is 0 Å². The molecule has 0 N–H and O–H groups in total. The van der Waals surface area contributed by atoms with E-state index in [4.69, 9.17) is 188 Å². The molecule has 48 radical (unpaired) electrons. The van der Waals surface area contributed by atoms with E-state index in [9.17, 15) is 0 Å². The van der Waals surface area contributed by atoms with Crippen LogP contribution in [0.5, 0.6) is 0 Å². The molecule has 0 saturated carbocycles. The molecule has 7 rings (SSSR count). The molecule has 0 aromatic heterocycles. The van der Waals surface area contributed by atoms with Crippen molar-refractivity contribution in [3.63, 3.8) is 0 Å². The minimum Gasteiger partial charge on any atom is -0.112 e. The molecule has 0 nitrogen and oxygen atoms in total. The lowest BCUT2D eigenvalue weighted by atomic mass is 9.54. The molecule has 60 heavy (non-hydrogen) atoms. The van der Waals surface area contributed by atoms with Crippen LogP contribution in [0.25, 0.3) is 65.7 Å². The monoisotopic (exact) mass is 696 g/mol. The Morgan fingerprint density at radius 3 is 0.517 bits per heavy atom. The SMILES string of the molecule is [B]c1c([B])c([B])c(-c2c([B])c([B])c(-c3c4c([B])c([B])c([B])c([B])c4c(-c4c([B])c([B])c5c([B])c([B])c([B])c([B])c5c4[B])c4c([B])c([B])c([B])c([B])c34)c([B])c2[B])c([B])c1[B]. The summed E-state index contributed by atoms with van der Waals surface area (Å²) in [6.07, 6.45) is 0. The van der Waals surface area contributed by atoms with Crippen molar-refractivity contribution in [1.29, 1.82) is 0 Å². The number of rotatable bonds is 3. The summed E-state index contributed by atoms with van der Waals surface area (Å²) in [4.78, 5) is 0. The summed E-state index contributed by atoms with van der Waals surface area (Å²) in [5.74, 6) is 0. The Kier molecular flexibility index (Phi) is 11.5. The lowest BCUT2D eigenvalue weighted by Crippen LogP contribution is -2.57. The van der Waals surface area contributed by atoms with Crippen LogP contribution in [-0.4, -0.2) is 188 Å². The Bertz CT molecular complexity index is 3050. The van der Waals surface area contributed by atoms with E-state index < -0.39 is 0 Å². The van der Waals surface area contributed by atoms with Crippen LogP contribution < -0.4 is 131 Å². The molecule has 0 aliphatic rings. The smallest absolute Gasteiger partial charge is 0.112 e. The van der Waals surface area contributed by atoms with Gasteiger partial charge in [0.1, 0.15) is 188 Å². The maximum atomic E-state index is 7.02. The van der Waals surface area contributed by atoms with Crippen LogP contribution >= 0.6 is 0 Å². The summed E-state index contributed by atoms with van der Waals surface area (Å²) in [7, 11) is 159. The van der Waals surface area contributed by atoms with Gasteiger partial charge in [0.15, 0.2) is 0 Å². The molecule has 24 heteroatoms. The quantitative estimate of drug-likeness (QED) is 0.128. The number of benzene rings is 7. The van der Waals surface area contributed by atoms with Gasteiger partial charge in [-0.25, -0.2) is 0 Å². The van der Waals surface area contributed by atoms with Crippen LogP contribution in [0.2, 0.25) is 0 Å². The second-order valence-corrected chi connectivity index (χ2v) is 14.4. The summed E-state index contributed by atoms with van der Waals surface area (Å²) in [6, 6.07) is 0.